The van der Waals surface area contributed by atoms with Crippen molar-refractivity contribution in [3.8, 4) is 5.69 Å². The van der Waals surface area contributed by atoms with Gasteiger partial charge in [-0.3, -0.25) is 4.79 Å². The molecule has 1 aliphatic carbocycles. The van der Waals surface area contributed by atoms with E-state index in [0.29, 0.717) is 17.7 Å². The van der Waals surface area contributed by atoms with Gasteiger partial charge in [-0.1, -0.05) is 19.8 Å². The Morgan fingerprint density at radius 1 is 1.33 bits per heavy atom. The number of amides is 1. The number of nitrogens with one attached hydrogen (secondary N) is 1. The number of benzene rings is 1. The Morgan fingerprint density at radius 3 is 2.71 bits per heavy atom. The number of aliphatic hydroxyl groups is 1. The van der Waals surface area contributed by atoms with Crippen molar-refractivity contribution in [3.63, 3.8) is 0 Å². The van der Waals surface area contributed by atoms with E-state index >= 15 is 0 Å². The molecule has 2 atom stereocenters. The lowest BCUT2D eigenvalue weighted by Crippen LogP contribution is -2.45. The number of carbonyl (C=O) groups is 1. The Hall–Kier alpha value is -2.21. The predicted molar refractivity (Wildman–Crippen MR) is 88.6 cm³/mol. The van der Waals surface area contributed by atoms with Crippen LogP contribution in [0.3, 0.4) is 0 Å². The minimum Gasteiger partial charge on any atom is -0.391 e. The number of aromatic nitrogens is 2. The number of hydrogen-bond acceptors (Lipinski definition) is 3. The zero-order valence-electron chi connectivity index (χ0n) is 13.7. The fourth-order valence-electron chi connectivity index (χ4n) is 3.23. The van der Waals surface area contributed by atoms with E-state index in [2.05, 4.69) is 10.4 Å². The highest BCUT2D eigenvalue weighted by Crippen LogP contribution is 2.20. The normalized spacial score (nSPS) is 20.8. The fraction of sp³-hybridized carbons (Fsp3) is 0.444. The molecule has 0 aliphatic heterocycles. The van der Waals surface area contributed by atoms with Crippen LogP contribution < -0.4 is 5.32 Å². The van der Waals surface area contributed by atoms with Gasteiger partial charge < -0.3 is 10.4 Å². The van der Waals surface area contributed by atoms with Gasteiger partial charge in [-0.05, 0) is 43.5 Å². The first-order valence-electron chi connectivity index (χ1n) is 8.42. The Morgan fingerprint density at radius 2 is 2.04 bits per heavy atom. The minimum atomic E-state index is -0.486. The van der Waals surface area contributed by atoms with Crippen LogP contribution >= 0.6 is 0 Å². The molecule has 1 saturated carbocycles. The molecule has 1 aromatic carbocycles. The number of hydrogen-bond donors (Lipinski definition) is 2. The first kappa shape index (κ1) is 16.6. The second kappa shape index (κ2) is 7.13. The number of halogens is 1. The van der Waals surface area contributed by atoms with Gasteiger partial charge in [-0.25, -0.2) is 9.07 Å². The molecular weight excluding hydrogens is 309 g/mol. The summed E-state index contributed by atoms with van der Waals surface area (Å²) in [4.78, 5) is 12.6. The van der Waals surface area contributed by atoms with Gasteiger partial charge in [-0.15, -0.1) is 0 Å². The molecule has 0 saturated heterocycles. The summed E-state index contributed by atoms with van der Waals surface area (Å²) in [6.45, 7) is 1.95. The van der Waals surface area contributed by atoms with Crippen molar-refractivity contribution in [2.24, 2.45) is 0 Å². The van der Waals surface area contributed by atoms with Crippen LogP contribution in [0.1, 0.15) is 48.7 Å². The highest BCUT2D eigenvalue weighted by Gasteiger charge is 2.26. The first-order valence-corrected chi connectivity index (χ1v) is 8.42. The molecule has 1 heterocycles. The first-order chi connectivity index (χ1) is 11.6. The molecule has 2 N–H and O–H groups in total. The molecule has 1 aromatic heterocycles. The molecule has 2 aromatic rings. The van der Waals surface area contributed by atoms with Crippen molar-refractivity contribution < 1.29 is 14.3 Å². The molecule has 128 valence electrons. The molecule has 0 bridgehead atoms. The maximum Gasteiger partial charge on any atom is 0.255 e. The standard InChI is InChI=1S/C18H22FN3O2/c1-2-16-14(18(24)21-15-5-3-4-6-17(15)23)11-20-22(16)13-9-7-12(19)8-10-13/h7-11,15,17,23H,2-6H2,1H3,(H,21,24). The Balaban J connectivity index is 1.83. The van der Waals surface area contributed by atoms with Crippen LogP contribution in [-0.4, -0.2) is 32.9 Å². The van der Waals surface area contributed by atoms with Crippen LogP contribution in [0.15, 0.2) is 30.5 Å². The number of carbonyl (C=O) groups excluding carboxylic acids is 1. The average Bonchev–Trinajstić information content (AvgIpc) is 3.01. The van der Waals surface area contributed by atoms with E-state index in [9.17, 15) is 14.3 Å². The topological polar surface area (TPSA) is 67.2 Å². The zero-order chi connectivity index (χ0) is 17.1. The molecular formula is C18H22FN3O2. The van der Waals surface area contributed by atoms with Crippen molar-refractivity contribution in [3.05, 3.63) is 47.5 Å². The highest BCUT2D eigenvalue weighted by molar-refractivity contribution is 5.95. The summed E-state index contributed by atoms with van der Waals surface area (Å²) in [6.07, 6.45) is 5.19. The van der Waals surface area contributed by atoms with Gasteiger partial charge >= 0.3 is 0 Å². The number of nitrogens with zero attached hydrogens (tertiary/aromatic N) is 2. The summed E-state index contributed by atoms with van der Waals surface area (Å²) in [6, 6.07) is 5.80. The van der Waals surface area contributed by atoms with E-state index in [1.165, 1.54) is 18.3 Å². The second-order valence-corrected chi connectivity index (χ2v) is 6.18. The molecule has 6 heteroatoms. The second-order valence-electron chi connectivity index (χ2n) is 6.18. The summed E-state index contributed by atoms with van der Waals surface area (Å²) < 4.78 is 14.8. The largest absolute Gasteiger partial charge is 0.391 e. The third kappa shape index (κ3) is 3.33. The summed E-state index contributed by atoms with van der Waals surface area (Å²) >= 11 is 0. The molecule has 0 radical (unpaired) electrons. The van der Waals surface area contributed by atoms with Crippen LogP contribution in [0.4, 0.5) is 4.39 Å². The maximum absolute atomic E-state index is 13.1. The number of rotatable bonds is 4. The van der Waals surface area contributed by atoms with Gasteiger partial charge in [0.05, 0.1) is 35.3 Å². The molecule has 24 heavy (non-hydrogen) atoms. The van der Waals surface area contributed by atoms with Crippen LogP contribution in [0.25, 0.3) is 5.69 Å². The van der Waals surface area contributed by atoms with Gasteiger partial charge in [0.2, 0.25) is 0 Å². The Kier molecular flexibility index (Phi) is 4.94. The smallest absolute Gasteiger partial charge is 0.255 e. The number of aliphatic hydroxyl groups excluding tert-OH is 1. The summed E-state index contributed by atoms with van der Waals surface area (Å²) in [5.41, 5.74) is 1.98. The molecule has 3 rings (SSSR count). The summed E-state index contributed by atoms with van der Waals surface area (Å²) in [7, 11) is 0. The molecule has 1 fully saturated rings. The average molecular weight is 331 g/mol. The van der Waals surface area contributed by atoms with Crippen LogP contribution in [0, 0.1) is 5.82 Å². The molecule has 1 aliphatic rings. The lowest BCUT2D eigenvalue weighted by atomic mass is 9.92. The van der Waals surface area contributed by atoms with E-state index < -0.39 is 6.10 Å². The Bertz CT molecular complexity index is 712. The third-order valence-corrected chi connectivity index (χ3v) is 4.57. The fourth-order valence-corrected chi connectivity index (χ4v) is 3.23. The lowest BCUT2D eigenvalue weighted by Gasteiger charge is -2.28. The SMILES string of the molecule is CCc1c(C(=O)NC2CCCCC2O)cnn1-c1ccc(F)cc1. The summed E-state index contributed by atoms with van der Waals surface area (Å²) in [5, 5.41) is 17.3. The lowest BCUT2D eigenvalue weighted by molar-refractivity contribution is 0.0716. The Labute approximate surface area is 140 Å². The van der Waals surface area contributed by atoms with Crippen molar-refractivity contribution >= 4 is 5.91 Å². The van der Waals surface area contributed by atoms with Crippen molar-refractivity contribution in [1.82, 2.24) is 15.1 Å². The van der Waals surface area contributed by atoms with Crippen LogP contribution in [0.2, 0.25) is 0 Å². The van der Waals surface area contributed by atoms with Gasteiger partial charge in [0.1, 0.15) is 5.82 Å². The van der Waals surface area contributed by atoms with Gasteiger partial charge in [0.15, 0.2) is 0 Å². The summed E-state index contributed by atoms with van der Waals surface area (Å²) in [5.74, 6) is -0.528. The van der Waals surface area contributed by atoms with Gasteiger partial charge in [0, 0.05) is 0 Å². The third-order valence-electron chi connectivity index (χ3n) is 4.57. The van der Waals surface area contributed by atoms with E-state index in [0.717, 1.165) is 31.4 Å². The highest BCUT2D eigenvalue weighted by atomic mass is 19.1. The minimum absolute atomic E-state index is 0.204. The molecule has 5 nitrogen and oxygen atoms in total. The molecule has 2 unspecified atom stereocenters. The maximum atomic E-state index is 13.1. The molecule has 1 amide bonds. The predicted octanol–water partition coefficient (Wildman–Crippen LogP) is 2.61. The van der Waals surface area contributed by atoms with Gasteiger partial charge in [-0.2, -0.15) is 5.10 Å². The monoisotopic (exact) mass is 331 g/mol. The van der Waals surface area contributed by atoms with E-state index in [-0.39, 0.29) is 17.8 Å². The van der Waals surface area contributed by atoms with Crippen LogP contribution in [-0.2, 0) is 6.42 Å². The van der Waals surface area contributed by atoms with Crippen molar-refractivity contribution in [1.29, 1.82) is 0 Å². The molecule has 0 spiro atoms. The van der Waals surface area contributed by atoms with E-state index in [1.807, 2.05) is 6.92 Å². The van der Waals surface area contributed by atoms with Crippen molar-refractivity contribution in [2.45, 2.75) is 51.2 Å². The van der Waals surface area contributed by atoms with Crippen LogP contribution in [0.5, 0.6) is 0 Å². The van der Waals surface area contributed by atoms with Gasteiger partial charge in [0.25, 0.3) is 5.91 Å². The van der Waals surface area contributed by atoms with E-state index in [1.54, 1.807) is 16.8 Å². The van der Waals surface area contributed by atoms with Crippen molar-refractivity contribution in [2.75, 3.05) is 0 Å². The van der Waals surface area contributed by atoms with E-state index in [4.69, 9.17) is 0 Å². The zero-order valence-corrected chi connectivity index (χ0v) is 13.7. The quantitative estimate of drug-likeness (QED) is 0.905.